The predicted molar refractivity (Wildman–Crippen MR) is 49.4 cm³/mol. The molecule has 1 rings (SSSR count). The summed E-state index contributed by atoms with van der Waals surface area (Å²) < 4.78 is 16.0. The van der Waals surface area contributed by atoms with E-state index in [2.05, 4.69) is 0 Å². The Hall–Kier alpha value is -0.160. The SMILES string of the molecule is CO[C@H]1CC(C)(N)[C@@H](OC)[C@H](C)O1. The molecule has 0 aromatic rings. The molecule has 0 bridgehead atoms. The van der Waals surface area contributed by atoms with Crippen LogP contribution in [0.1, 0.15) is 20.3 Å². The summed E-state index contributed by atoms with van der Waals surface area (Å²) in [6.07, 6.45) is 0.348. The lowest BCUT2D eigenvalue weighted by Crippen LogP contribution is -2.60. The van der Waals surface area contributed by atoms with Gasteiger partial charge < -0.3 is 19.9 Å². The fraction of sp³-hybridized carbons (Fsp3) is 1.00. The number of ether oxygens (including phenoxy) is 3. The Morgan fingerprint density at radius 1 is 1.38 bits per heavy atom. The van der Waals surface area contributed by atoms with Crippen LogP contribution in [-0.4, -0.2) is 38.3 Å². The second-order valence-electron chi connectivity index (χ2n) is 3.87. The van der Waals surface area contributed by atoms with Crippen LogP contribution in [0.4, 0.5) is 0 Å². The van der Waals surface area contributed by atoms with Gasteiger partial charge in [-0.25, -0.2) is 0 Å². The van der Waals surface area contributed by atoms with Gasteiger partial charge in [-0.2, -0.15) is 0 Å². The molecule has 2 N–H and O–H groups in total. The average molecular weight is 189 g/mol. The molecule has 1 unspecified atom stereocenters. The highest BCUT2D eigenvalue weighted by Crippen LogP contribution is 2.28. The normalized spacial score (nSPS) is 46.4. The molecule has 0 radical (unpaired) electrons. The summed E-state index contributed by atoms with van der Waals surface area (Å²) in [6, 6.07) is 0. The van der Waals surface area contributed by atoms with Crippen LogP contribution in [0.25, 0.3) is 0 Å². The number of rotatable bonds is 2. The third-order valence-electron chi connectivity index (χ3n) is 2.57. The highest BCUT2D eigenvalue weighted by molar-refractivity contribution is 4.95. The van der Waals surface area contributed by atoms with Gasteiger partial charge >= 0.3 is 0 Å². The predicted octanol–water partition coefficient (Wildman–Crippen LogP) is 0.500. The van der Waals surface area contributed by atoms with Gasteiger partial charge in [-0.05, 0) is 13.8 Å². The Kier molecular flexibility index (Phi) is 3.29. The van der Waals surface area contributed by atoms with E-state index in [9.17, 15) is 0 Å². The summed E-state index contributed by atoms with van der Waals surface area (Å²) in [5, 5.41) is 0. The maximum atomic E-state index is 6.10. The van der Waals surface area contributed by atoms with Gasteiger partial charge in [0.05, 0.1) is 6.10 Å². The zero-order valence-electron chi connectivity index (χ0n) is 8.74. The smallest absolute Gasteiger partial charge is 0.159 e. The van der Waals surface area contributed by atoms with E-state index in [0.717, 1.165) is 0 Å². The molecule has 4 nitrogen and oxygen atoms in total. The summed E-state index contributed by atoms with van der Waals surface area (Å²) in [5.41, 5.74) is 5.72. The van der Waals surface area contributed by atoms with E-state index in [0.29, 0.717) is 6.42 Å². The largest absolute Gasteiger partial charge is 0.377 e. The van der Waals surface area contributed by atoms with Crippen LogP contribution in [0.2, 0.25) is 0 Å². The molecule has 1 aliphatic rings. The molecule has 1 heterocycles. The van der Waals surface area contributed by atoms with Crippen LogP contribution in [0.15, 0.2) is 0 Å². The summed E-state index contributed by atoms with van der Waals surface area (Å²) in [5.74, 6) is 0. The Morgan fingerprint density at radius 3 is 2.38 bits per heavy atom. The first-order valence-electron chi connectivity index (χ1n) is 4.51. The maximum absolute atomic E-state index is 6.10. The van der Waals surface area contributed by atoms with Gasteiger partial charge in [0.15, 0.2) is 6.29 Å². The highest BCUT2D eigenvalue weighted by Gasteiger charge is 2.42. The first-order chi connectivity index (χ1) is 6.01. The van der Waals surface area contributed by atoms with Gasteiger partial charge in [0.2, 0.25) is 0 Å². The lowest BCUT2D eigenvalue weighted by molar-refractivity contribution is -0.232. The molecule has 4 heteroatoms. The quantitative estimate of drug-likeness (QED) is 0.687. The van der Waals surface area contributed by atoms with Gasteiger partial charge in [-0.15, -0.1) is 0 Å². The van der Waals surface area contributed by atoms with Crippen molar-refractivity contribution >= 4 is 0 Å². The van der Waals surface area contributed by atoms with Gasteiger partial charge in [-0.3, -0.25) is 0 Å². The van der Waals surface area contributed by atoms with Gasteiger partial charge in [0.25, 0.3) is 0 Å². The number of nitrogens with two attached hydrogens (primary N) is 1. The van der Waals surface area contributed by atoms with Gasteiger partial charge in [0, 0.05) is 26.2 Å². The minimum atomic E-state index is -0.382. The zero-order valence-corrected chi connectivity index (χ0v) is 8.74. The Labute approximate surface area is 79.3 Å². The standard InChI is InChI=1S/C9H19NO3/c1-6-8(12-4)9(2,10)5-7(11-3)13-6/h6-8H,5,10H2,1-4H3/t6-,7+,8-,9?/m0/s1. The fourth-order valence-corrected chi connectivity index (χ4v) is 1.97. The number of hydrogen-bond donors (Lipinski definition) is 1. The lowest BCUT2D eigenvalue weighted by atomic mass is 9.86. The van der Waals surface area contributed by atoms with Crippen molar-refractivity contribution in [1.82, 2.24) is 0 Å². The minimum Gasteiger partial charge on any atom is -0.377 e. The van der Waals surface area contributed by atoms with Crippen molar-refractivity contribution < 1.29 is 14.2 Å². The van der Waals surface area contributed by atoms with Crippen molar-refractivity contribution in [2.24, 2.45) is 5.73 Å². The van der Waals surface area contributed by atoms with Crippen molar-refractivity contribution in [2.45, 2.75) is 44.3 Å². The molecule has 0 spiro atoms. The summed E-state index contributed by atoms with van der Waals surface area (Å²) in [7, 11) is 3.28. The third kappa shape index (κ3) is 2.20. The molecular formula is C9H19NO3. The molecule has 0 amide bonds. The minimum absolute atomic E-state index is 0.0290. The molecule has 0 saturated carbocycles. The summed E-state index contributed by atoms with van der Waals surface area (Å²) in [4.78, 5) is 0. The van der Waals surface area contributed by atoms with Crippen LogP contribution in [0, 0.1) is 0 Å². The molecule has 0 aliphatic carbocycles. The highest BCUT2D eigenvalue weighted by atomic mass is 16.7. The van der Waals surface area contributed by atoms with Crippen LogP contribution >= 0.6 is 0 Å². The molecule has 0 aromatic heterocycles. The summed E-state index contributed by atoms with van der Waals surface area (Å²) >= 11 is 0. The molecule has 0 aromatic carbocycles. The molecular weight excluding hydrogens is 170 g/mol. The number of methoxy groups -OCH3 is 2. The molecule has 13 heavy (non-hydrogen) atoms. The second kappa shape index (κ2) is 3.92. The van der Waals surface area contributed by atoms with E-state index >= 15 is 0 Å². The van der Waals surface area contributed by atoms with Crippen molar-refractivity contribution in [1.29, 1.82) is 0 Å². The van der Waals surface area contributed by atoms with Crippen molar-refractivity contribution in [2.75, 3.05) is 14.2 Å². The molecule has 4 atom stereocenters. The maximum Gasteiger partial charge on any atom is 0.159 e. The summed E-state index contributed by atoms with van der Waals surface area (Å²) in [6.45, 7) is 3.91. The fourth-order valence-electron chi connectivity index (χ4n) is 1.97. The van der Waals surface area contributed by atoms with Gasteiger partial charge in [-0.1, -0.05) is 0 Å². The van der Waals surface area contributed by atoms with Crippen molar-refractivity contribution in [3.05, 3.63) is 0 Å². The van der Waals surface area contributed by atoms with E-state index in [1.165, 1.54) is 0 Å². The Morgan fingerprint density at radius 2 is 2.00 bits per heavy atom. The number of hydrogen-bond acceptors (Lipinski definition) is 4. The first-order valence-corrected chi connectivity index (χ1v) is 4.51. The zero-order chi connectivity index (χ0) is 10.1. The van der Waals surface area contributed by atoms with Gasteiger partial charge in [0.1, 0.15) is 6.10 Å². The monoisotopic (exact) mass is 189 g/mol. The average Bonchev–Trinajstić information content (AvgIpc) is 2.02. The molecule has 1 saturated heterocycles. The first kappa shape index (κ1) is 10.9. The van der Waals surface area contributed by atoms with E-state index in [-0.39, 0.29) is 24.0 Å². The Bertz CT molecular complexity index is 172. The topological polar surface area (TPSA) is 53.7 Å². The third-order valence-corrected chi connectivity index (χ3v) is 2.57. The Balaban J connectivity index is 2.69. The van der Waals surface area contributed by atoms with E-state index in [1.54, 1.807) is 14.2 Å². The van der Waals surface area contributed by atoms with Crippen LogP contribution in [0.5, 0.6) is 0 Å². The second-order valence-corrected chi connectivity index (χ2v) is 3.87. The molecule has 1 fully saturated rings. The van der Waals surface area contributed by atoms with Crippen LogP contribution in [-0.2, 0) is 14.2 Å². The lowest BCUT2D eigenvalue weighted by Gasteiger charge is -2.44. The van der Waals surface area contributed by atoms with Crippen LogP contribution in [0.3, 0.4) is 0 Å². The van der Waals surface area contributed by atoms with E-state index < -0.39 is 0 Å². The van der Waals surface area contributed by atoms with E-state index in [1.807, 2.05) is 13.8 Å². The molecule has 78 valence electrons. The van der Waals surface area contributed by atoms with Crippen molar-refractivity contribution in [3.8, 4) is 0 Å². The van der Waals surface area contributed by atoms with Crippen LogP contribution < -0.4 is 5.73 Å². The van der Waals surface area contributed by atoms with Crippen molar-refractivity contribution in [3.63, 3.8) is 0 Å². The van der Waals surface area contributed by atoms with E-state index in [4.69, 9.17) is 19.9 Å². The molecule has 1 aliphatic heterocycles.